The fraction of sp³-hybridized carbons (Fsp3) is 0.211. The van der Waals surface area contributed by atoms with Crippen molar-refractivity contribution in [1.82, 2.24) is 9.97 Å². The molecule has 3 aromatic rings. The second-order valence-electron chi connectivity index (χ2n) is 5.97. The first-order valence-corrected chi connectivity index (χ1v) is 8.49. The van der Waals surface area contributed by atoms with E-state index in [1.165, 1.54) is 0 Å². The van der Waals surface area contributed by atoms with Gasteiger partial charge in [-0.25, -0.2) is 4.98 Å². The van der Waals surface area contributed by atoms with Crippen molar-refractivity contribution < 1.29 is 4.79 Å². The van der Waals surface area contributed by atoms with Crippen LogP contribution < -0.4 is 16.4 Å². The Morgan fingerprint density at radius 3 is 2.88 bits per heavy atom. The van der Waals surface area contributed by atoms with Crippen molar-refractivity contribution in [2.45, 2.75) is 20.3 Å². The van der Waals surface area contributed by atoms with Crippen LogP contribution in [-0.2, 0) is 0 Å². The Morgan fingerprint density at radius 2 is 2.12 bits per heavy atom. The molecule has 7 nitrogen and oxygen atoms in total. The normalized spacial score (nSPS) is 11.5. The molecule has 134 valence electrons. The van der Waals surface area contributed by atoms with E-state index in [9.17, 15) is 4.79 Å². The monoisotopic (exact) mass is 350 g/mol. The lowest BCUT2D eigenvalue weighted by Crippen LogP contribution is -2.23. The zero-order chi connectivity index (χ0) is 18.5. The van der Waals surface area contributed by atoms with E-state index >= 15 is 0 Å². The highest BCUT2D eigenvalue weighted by molar-refractivity contribution is 6.09. The number of H-pyrrole nitrogens is 1. The van der Waals surface area contributed by atoms with Crippen molar-refractivity contribution in [2.75, 3.05) is 17.2 Å². The Bertz CT molecular complexity index is 960. The summed E-state index contributed by atoms with van der Waals surface area (Å²) in [6.07, 6.45) is 4.39. The van der Waals surface area contributed by atoms with E-state index in [0.29, 0.717) is 18.1 Å². The lowest BCUT2D eigenvalue weighted by Gasteiger charge is -2.11. The zero-order valence-corrected chi connectivity index (χ0v) is 14.8. The Morgan fingerprint density at radius 1 is 1.27 bits per heavy atom. The minimum absolute atomic E-state index is 0.171. The van der Waals surface area contributed by atoms with Crippen LogP contribution in [0.25, 0.3) is 11.0 Å². The first kappa shape index (κ1) is 17.5. The van der Waals surface area contributed by atoms with Crippen LogP contribution in [0.15, 0.2) is 47.7 Å². The maximum atomic E-state index is 12.7. The number of pyridine rings is 1. The average Bonchev–Trinajstić information content (AvgIpc) is 3.09. The van der Waals surface area contributed by atoms with Gasteiger partial charge in [0.05, 0.1) is 5.69 Å². The van der Waals surface area contributed by atoms with Crippen molar-refractivity contribution in [3.05, 3.63) is 53.9 Å². The number of aromatic amines is 1. The fourth-order valence-electron chi connectivity index (χ4n) is 2.68. The van der Waals surface area contributed by atoms with Crippen molar-refractivity contribution in [1.29, 1.82) is 0 Å². The third-order valence-corrected chi connectivity index (χ3v) is 3.96. The molecule has 0 fully saturated rings. The molecule has 1 amide bonds. The molecule has 2 aromatic heterocycles. The standard InChI is InChI=1S/C19H22N6O/c1-3-8-23-19(20)24-13-4-5-14(12(2)11-13)18(26)25-16-7-10-22-17-15(16)6-9-21-17/h4-7,9-11H,3,8H2,1-2H3,(H3,20,23,24)(H2,21,22,25,26). The number of nitrogens with zero attached hydrogens (tertiary/aromatic N) is 2. The SMILES string of the molecule is CCCN=C(N)Nc1ccc(C(=O)Nc2ccnc3[nH]ccc23)c(C)c1. The van der Waals surface area contributed by atoms with Crippen LogP contribution in [0.3, 0.4) is 0 Å². The lowest BCUT2D eigenvalue weighted by molar-refractivity contribution is 0.102. The van der Waals surface area contributed by atoms with Gasteiger partial charge >= 0.3 is 0 Å². The molecule has 0 radical (unpaired) electrons. The number of hydrogen-bond donors (Lipinski definition) is 4. The summed E-state index contributed by atoms with van der Waals surface area (Å²) in [5, 5.41) is 6.86. The van der Waals surface area contributed by atoms with E-state index in [1.54, 1.807) is 24.5 Å². The number of aryl methyl sites for hydroxylation is 1. The number of carbonyl (C=O) groups is 1. The summed E-state index contributed by atoms with van der Waals surface area (Å²) in [4.78, 5) is 24.1. The molecule has 5 N–H and O–H groups in total. The third kappa shape index (κ3) is 3.83. The molecule has 0 saturated heterocycles. The molecular weight excluding hydrogens is 328 g/mol. The number of fused-ring (bicyclic) bond motifs is 1. The van der Waals surface area contributed by atoms with Crippen LogP contribution >= 0.6 is 0 Å². The molecule has 0 saturated carbocycles. The van der Waals surface area contributed by atoms with E-state index in [1.807, 2.05) is 32.0 Å². The van der Waals surface area contributed by atoms with Crippen molar-refractivity contribution in [3.63, 3.8) is 0 Å². The Balaban J connectivity index is 1.77. The molecule has 0 bridgehead atoms. The molecule has 3 rings (SSSR count). The molecule has 1 aromatic carbocycles. The highest BCUT2D eigenvalue weighted by atomic mass is 16.1. The molecule has 7 heteroatoms. The van der Waals surface area contributed by atoms with E-state index in [0.717, 1.165) is 34.4 Å². The van der Waals surface area contributed by atoms with Gasteiger partial charge in [-0.15, -0.1) is 0 Å². The molecular formula is C19H22N6O. The van der Waals surface area contributed by atoms with Gasteiger partial charge in [0.1, 0.15) is 5.65 Å². The van der Waals surface area contributed by atoms with Crippen molar-refractivity contribution in [3.8, 4) is 0 Å². The summed E-state index contributed by atoms with van der Waals surface area (Å²) in [6, 6.07) is 9.13. The van der Waals surface area contributed by atoms with Gasteiger partial charge in [0.15, 0.2) is 5.96 Å². The summed E-state index contributed by atoms with van der Waals surface area (Å²) in [5.41, 5.74) is 9.53. The van der Waals surface area contributed by atoms with E-state index < -0.39 is 0 Å². The molecule has 2 heterocycles. The number of hydrogen-bond acceptors (Lipinski definition) is 3. The highest BCUT2D eigenvalue weighted by Crippen LogP contribution is 2.22. The number of guanidine groups is 1. The van der Waals surface area contributed by atoms with Gasteiger partial charge < -0.3 is 21.4 Å². The van der Waals surface area contributed by atoms with Gasteiger partial charge in [0.25, 0.3) is 5.91 Å². The van der Waals surface area contributed by atoms with Crippen LogP contribution in [-0.4, -0.2) is 28.4 Å². The number of amides is 1. The number of nitrogens with one attached hydrogen (secondary N) is 3. The maximum absolute atomic E-state index is 12.7. The van der Waals surface area contributed by atoms with Crippen LogP contribution in [0, 0.1) is 6.92 Å². The quantitative estimate of drug-likeness (QED) is 0.418. The number of anilines is 2. The molecule has 26 heavy (non-hydrogen) atoms. The summed E-state index contributed by atoms with van der Waals surface area (Å²) < 4.78 is 0. The molecule has 0 unspecified atom stereocenters. The van der Waals surface area contributed by atoms with Gasteiger partial charge in [-0.1, -0.05) is 6.92 Å². The van der Waals surface area contributed by atoms with Gasteiger partial charge in [-0.2, -0.15) is 0 Å². The van der Waals surface area contributed by atoms with Crippen LogP contribution in [0.1, 0.15) is 29.3 Å². The number of benzene rings is 1. The lowest BCUT2D eigenvalue weighted by atomic mass is 10.1. The Kier molecular flexibility index (Phi) is 5.17. The van der Waals surface area contributed by atoms with E-state index in [2.05, 4.69) is 25.6 Å². The number of carbonyl (C=O) groups excluding carboxylic acids is 1. The first-order chi connectivity index (χ1) is 12.6. The van der Waals surface area contributed by atoms with Gasteiger partial charge in [0.2, 0.25) is 0 Å². The second kappa shape index (κ2) is 7.69. The van der Waals surface area contributed by atoms with Crippen molar-refractivity contribution >= 4 is 34.3 Å². The van der Waals surface area contributed by atoms with Gasteiger partial charge in [-0.3, -0.25) is 9.79 Å². The fourth-order valence-corrected chi connectivity index (χ4v) is 2.68. The second-order valence-corrected chi connectivity index (χ2v) is 5.97. The van der Waals surface area contributed by atoms with Crippen molar-refractivity contribution in [2.24, 2.45) is 10.7 Å². The maximum Gasteiger partial charge on any atom is 0.255 e. The number of aromatic nitrogens is 2. The largest absolute Gasteiger partial charge is 0.370 e. The summed E-state index contributed by atoms with van der Waals surface area (Å²) >= 11 is 0. The predicted octanol–water partition coefficient (Wildman–Crippen LogP) is 3.26. The molecule has 0 aliphatic carbocycles. The van der Waals surface area contributed by atoms with E-state index in [4.69, 9.17) is 5.73 Å². The minimum atomic E-state index is -0.171. The Hall–Kier alpha value is -3.35. The zero-order valence-electron chi connectivity index (χ0n) is 14.8. The Labute approximate surface area is 151 Å². The van der Waals surface area contributed by atoms with Gasteiger partial charge in [0, 0.05) is 35.6 Å². The number of aliphatic imine (C=N–C) groups is 1. The molecule has 0 aliphatic heterocycles. The van der Waals surface area contributed by atoms with Crippen LogP contribution in [0.5, 0.6) is 0 Å². The summed E-state index contributed by atoms with van der Waals surface area (Å²) in [7, 11) is 0. The summed E-state index contributed by atoms with van der Waals surface area (Å²) in [6.45, 7) is 4.61. The summed E-state index contributed by atoms with van der Waals surface area (Å²) in [5.74, 6) is 0.199. The minimum Gasteiger partial charge on any atom is -0.370 e. The average molecular weight is 350 g/mol. The first-order valence-electron chi connectivity index (χ1n) is 8.49. The molecule has 0 spiro atoms. The number of rotatable bonds is 5. The molecule has 0 aliphatic rings. The molecule has 0 atom stereocenters. The smallest absolute Gasteiger partial charge is 0.255 e. The van der Waals surface area contributed by atoms with Gasteiger partial charge in [-0.05, 0) is 49.2 Å². The topological polar surface area (TPSA) is 108 Å². The third-order valence-electron chi connectivity index (χ3n) is 3.96. The highest BCUT2D eigenvalue weighted by Gasteiger charge is 2.12. The number of nitrogens with two attached hydrogens (primary N) is 1. The van der Waals surface area contributed by atoms with Crippen LogP contribution in [0.4, 0.5) is 11.4 Å². The predicted molar refractivity (Wildman–Crippen MR) is 106 cm³/mol. The van der Waals surface area contributed by atoms with Crippen LogP contribution in [0.2, 0.25) is 0 Å². The van der Waals surface area contributed by atoms with E-state index in [-0.39, 0.29) is 5.91 Å².